The third-order valence-corrected chi connectivity index (χ3v) is 0.924. The fraction of sp³-hybridized carbons (Fsp3) is 1.00. The van der Waals surface area contributed by atoms with Crippen LogP contribution in [0.5, 0.6) is 0 Å². The van der Waals surface area contributed by atoms with Crippen LogP contribution in [0.4, 0.5) is 13.2 Å². The first-order valence-corrected chi connectivity index (χ1v) is 2.75. The Morgan fingerprint density at radius 1 is 1.43 bits per heavy atom. The summed E-state index contributed by atoms with van der Waals surface area (Å²) in [5, 5.41) is 0. The molecule has 0 radical (unpaired) electrons. The van der Waals surface area contributed by atoms with Crippen LogP contribution in [0, 0.1) is 0 Å². The molecule has 0 aliphatic carbocycles. The standard InChI is InChI=1S/C3H5F3S/c1-2-7-3(4,5)6/h2H2,1H3. The number of hydrogen-bond acceptors (Lipinski definition) is 1. The van der Waals surface area contributed by atoms with Crippen LogP contribution in [0.3, 0.4) is 0 Å². The van der Waals surface area contributed by atoms with Gasteiger partial charge in [0.15, 0.2) is 0 Å². The molecule has 0 heterocycles. The second-order valence-electron chi connectivity index (χ2n) is 0.879. The van der Waals surface area contributed by atoms with Gasteiger partial charge in [0.2, 0.25) is 0 Å². The lowest BCUT2D eigenvalue weighted by Gasteiger charge is -1.99. The summed E-state index contributed by atoms with van der Waals surface area (Å²) in [5.74, 6) is 0.101. The zero-order chi connectivity index (χ0) is 5.91. The highest BCUT2D eigenvalue weighted by Crippen LogP contribution is 2.29. The number of halogens is 3. The van der Waals surface area contributed by atoms with Crippen molar-refractivity contribution < 1.29 is 13.2 Å². The van der Waals surface area contributed by atoms with Gasteiger partial charge in [-0.2, -0.15) is 13.2 Å². The van der Waals surface area contributed by atoms with Gasteiger partial charge in [0.25, 0.3) is 0 Å². The van der Waals surface area contributed by atoms with Gasteiger partial charge in [-0.05, 0) is 5.75 Å². The third kappa shape index (κ3) is 6.14. The van der Waals surface area contributed by atoms with Gasteiger partial charge in [-0.1, -0.05) is 18.7 Å². The molecule has 0 saturated carbocycles. The number of alkyl halides is 3. The van der Waals surface area contributed by atoms with Crippen LogP contribution in [0.2, 0.25) is 0 Å². The molecule has 0 saturated heterocycles. The van der Waals surface area contributed by atoms with E-state index in [1.807, 2.05) is 0 Å². The average Bonchev–Trinajstić information content (AvgIpc) is 1.30. The minimum Gasteiger partial charge on any atom is -0.160 e. The molecule has 0 fully saturated rings. The van der Waals surface area contributed by atoms with E-state index in [1.54, 1.807) is 0 Å². The Bertz CT molecular complexity index is 48.6. The Morgan fingerprint density at radius 2 is 1.86 bits per heavy atom. The van der Waals surface area contributed by atoms with E-state index in [1.165, 1.54) is 6.92 Å². The third-order valence-electron chi connectivity index (χ3n) is 0.308. The Labute approximate surface area is 44.1 Å². The summed E-state index contributed by atoms with van der Waals surface area (Å²) in [6, 6.07) is 0. The molecule has 0 spiro atoms. The lowest BCUT2D eigenvalue weighted by Crippen LogP contribution is -1.98. The van der Waals surface area contributed by atoms with E-state index < -0.39 is 5.51 Å². The maximum Gasteiger partial charge on any atom is 0.441 e. The molecule has 7 heavy (non-hydrogen) atoms. The van der Waals surface area contributed by atoms with Crippen molar-refractivity contribution in [3.8, 4) is 0 Å². The molecule has 44 valence electrons. The molecule has 0 aliphatic rings. The maximum atomic E-state index is 11.0. The molecule has 0 aromatic heterocycles. The van der Waals surface area contributed by atoms with E-state index in [2.05, 4.69) is 0 Å². The summed E-state index contributed by atoms with van der Waals surface area (Å²) in [7, 11) is 0. The van der Waals surface area contributed by atoms with E-state index in [4.69, 9.17) is 0 Å². The molecule has 0 atom stereocenters. The second kappa shape index (κ2) is 2.45. The molecule has 0 aromatic carbocycles. The predicted octanol–water partition coefficient (Wildman–Crippen LogP) is 2.26. The van der Waals surface area contributed by atoms with Crippen LogP contribution in [-0.2, 0) is 0 Å². The van der Waals surface area contributed by atoms with Crippen molar-refractivity contribution in [1.82, 2.24) is 0 Å². The molecule has 0 bridgehead atoms. The maximum absolute atomic E-state index is 11.0. The van der Waals surface area contributed by atoms with Crippen LogP contribution in [0.15, 0.2) is 0 Å². The minimum absolute atomic E-state index is 0.0116. The Kier molecular flexibility index (Phi) is 2.50. The van der Waals surface area contributed by atoms with Crippen molar-refractivity contribution in [2.24, 2.45) is 0 Å². The first-order valence-electron chi connectivity index (χ1n) is 1.77. The van der Waals surface area contributed by atoms with Crippen molar-refractivity contribution >= 4 is 11.8 Å². The van der Waals surface area contributed by atoms with Gasteiger partial charge < -0.3 is 0 Å². The van der Waals surface area contributed by atoms with E-state index >= 15 is 0 Å². The normalized spacial score (nSPS) is 12.0. The van der Waals surface area contributed by atoms with Crippen LogP contribution >= 0.6 is 11.8 Å². The van der Waals surface area contributed by atoms with Crippen LogP contribution in [0.1, 0.15) is 6.92 Å². The van der Waals surface area contributed by atoms with E-state index in [0.717, 1.165) is 0 Å². The first kappa shape index (κ1) is 7.14. The quantitative estimate of drug-likeness (QED) is 0.524. The Morgan fingerprint density at radius 3 is 1.86 bits per heavy atom. The first-order chi connectivity index (χ1) is 3.06. The number of thioether (sulfide) groups is 1. The van der Waals surface area contributed by atoms with Crippen LogP contribution in [-0.4, -0.2) is 11.3 Å². The fourth-order valence-corrected chi connectivity index (χ4v) is 0.491. The summed E-state index contributed by atoms with van der Waals surface area (Å²) in [4.78, 5) is 0. The zero-order valence-corrected chi connectivity index (χ0v) is 4.57. The zero-order valence-electron chi connectivity index (χ0n) is 3.75. The van der Waals surface area contributed by atoms with Gasteiger partial charge in [0.1, 0.15) is 0 Å². The van der Waals surface area contributed by atoms with Gasteiger partial charge in [0, 0.05) is 0 Å². The molecular weight excluding hydrogens is 125 g/mol. The van der Waals surface area contributed by atoms with Crippen molar-refractivity contribution in [2.75, 3.05) is 5.75 Å². The summed E-state index contributed by atoms with van der Waals surface area (Å²) >= 11 is -0.0116. The number of rotatable bonds is 1. The Hall–Kier alpha value is 0.140. The second-order valence-corrected chi connectivity index (χ2v) is 2.21. The molecule has 0 N–H and O–H groups in total. The Balaban J connectivity index is 3.15. The molecule has 0 nitrogen and oxygen atoms in total. The van der Waals surface area contributed by atoms with Gasteiger partial charge in [-0.3, -0.25) is 0 Å². The summed E-state index contributed by atoms with van der Waals surface area (Å²) in [6.07, 6.45) is 0. The molecule has 4 heteroatoms. The van der Waals surface area contributed by atoms with Gasteiger partial charge >= 0.3 is 5.51 Å². The van der Waals surface area contributed by atoms with Crippen LogP contribution in [0.25, 0.3) is 0 Å². The highest BCUT2D eigenvalue weighted by atomic mass is 32.2. The van der Waals surface area contributed by atoms with Gasteiger partial charge in [0.05, 0.1) is 0 Å². The predicted molar refractivity (Wildman–Crippen MR) is 24.2 cm³/mol. The van der Waals surface area contributed by atoms with Gasteiger partial charge in [-0.25, -0.2) is 0 Å². The molecule has 0 aliphatic heterocycles. The monoisotopic (exact) mass is 130 g/mol. The molecule has 0 aromatic rings. The molecule has 0 unspecified atom stereocenters. The minimum atomic E-state index is -4.03. The highest BCUT2D eigenvalue weighted by Gasteiger charge is 2.26. The van der Waals surface area contributed by atoms with Gasteiger partial charge in [-0.15, -0.1) is 0 Å². The van der Waals surface area contributed by atoms with Crippen molar-refractivity contribution in [3.05, 3.63) is 0 Å². The highest BCUT2D eigenvalue weighted by molar-refractivity contribution is 8.00. The number of hydrogen-bond donors (Lipinski definition) is 0. The van der Waals surface area contributed by atoms with Crippen molar-refractivity contribution in [2.45, 2.75) is 12.4 Å². The summed E-state index contributed by atoms with van der Waals surface area (Å²) in [6.45, 7) is 1.47. The largest absolute Gasteiger partial charge is 0.441 e. The van der Waals surface area contributed by atoms with Crippen molar-refractivity contribution in [1.29, 1.82) is 0 Å². The molecule has 0 rings (SSSR count). The SMILES string of the molecule is CCSC(F)(F)F. The van der Waals surface area contributed by atoms with E-state index in [-0.39, 0.29) is 17.5 Å². The smallest absolute Gasteiger partial charge is 0.160 e. The average molecular weight is 130 g/mol. The van der Waals surface area contributed by atoms with Crippen LogP contribution < -0.4 is 0 Å². The summed E-state index contributed by atoms with van der Waals surface area (Å²) < 4.78 is 33.1. The van der Waals surface area contributed by atoms with E-state index in [9.17, 15) is 13.2 Å². The van der Waals surface area contributed by atoms with Crippen molar-refractivity contribution in [3.63, 3.8) is 0 Å². The van der Waals surface area contributed by atoms with E-state index in [0.29, 0.717) is 0 Å². The topological polar surface area (TPSA) is 0 Å². The fourth-order valence-electron chi connectivity index (χ4n) is 0.164. The lowest BCUT2D eigenvalue weighted by molar-refractivity contribution is -0.0326. The molecule has 0 amide bonds. The molecular formula is C3H5F3S. The summed E-state index contributed by atoms with van der Waals surface area (Å²) in [5.41, 5.74) is -4.03. The lowest BCUT2D eigenvalue weighted by atomic mass is 11.0.